The number of amides is 1. The molecule has 2 heterocycles. The maximum Gasteiger partial charge on any atom is 0.287 e. The normalized spacial score (nSPS) is 15.7. The monoisotopic (exact) mass is 324 g/mol. The molecule has 1 aliphatic carbocycles. The predicted octanol–water partition coefficient (Wildman–Crippen LogP) is 4.05. The van der Waals surface area contributed by atoms with Crippen LogP contribution >= 0.6 is 0 Å². The number of rotatable bonds is 3. The number of methoxy groups -OCH3 is 1. The van der Waals surface area contributed by atoms with Crippen LogP contribution in [-0.2, 0) is 0 Å². The first-order valence-electron chi connectivity index (χ1n) is 8.42. The lowest BCUT2D eigenvalue weighted by Gasteiger charge is -2.22. The van der Waals surface area contributed by atoms with Gasteiger partial charge in [-0.3, -0.25) is 4.79 Å². The highest BCUT2D eigenvalue weighted by molar-refractivity contribution is 5.98. The molecular formula is C19H20N2O3. The van der Waals surface area contributed by atoms with E-state index < -0.39 is 0 Å². The van der Waals surface area contributed by atoms with Crippen LogP contribution in [-0.4, -0.2) is 24.0 Å². The summed E-state index contributed by atoms with van der Waals surface area (Å²) in [7, 11) is 1.64. The number of carbonyl (C=O) groups is 1. The van der Waals surface area contributed by atoms with Crippen molar-refractivity contribution in [2.45, 2.75) is 38.1 Å². The molecule has 2 aromatic heterocycles. The minimum absolute atomic E-state index is 0.151. The fraction of sp³-hybridized carbons (Fsp3) is 0.368. The molecule has 1 saturated carbocycles. The van der Waals surface area contributed by atoms with Gasteiger partial charge in [0.25, 0.3) is 5.91 Å². The van der Waals surface area contributed by atoms with Crippen molar-refractivity contribution in [3.63, 3.8) is 0 Å². The zero-order valence-corrected chi connectivity index (χ0v) is 13.7. The van der Waals surface area contributed by atoms with Gasteiger partial charge in [0, 0.05) is 16.8 Å². The largest absolute Gasteiger partial charge is 0.497 e. The lowest BCUT2D eigenvalue weighted by molar-refractivity contribution is 0.0901. The van der Waals surface area contributed by atoms with Crippen LogP contribution in [0.4, 0.5) is 0 Å². The van der Waals surface area contributed by atoms with Gasteiger partial charge >= 0.3 is 0 Å². The first-order chi connectivity index (χ1) is 11.7. The van der Waals surface area contributed by atoms with Crippen LogP contribution < -0.4 is 10.1 Å². The van der Waals surface area contributed by atoms with Crippen molar-refractivity contribution in [3.05, 3.63) is 36.1 Å². The summed E-state index contributed by atoms with van der Waals surface area (Å²) in [6, 6.07) is 9.67. The van der Waals surface area contributed by atoms with Gasteiger partial charge in [0.05, 0.1) is 12.6 Å². The number of benzene rings is 1. The third-order valence-corrected chi connectivity index (χ3v) is 4.67. The van der Waals surface area contributed by atoms with Crippen molar-refractivity contribution in [1.82, 2.24) is 10.3 Å². The summed E-state index contributed by atoms with van der Waals surface area (Å²) < 4.78 is 10.9. The maximum atomic E-state index is 12.4. The summed E-state index contributed by atoms with van der Waals surface area (Å²) >= 11 is 0. The molecule has 1 N–H and O–H groups in total. The molecule has 0 unspecified atom stereocenters. The Balaban J connectivity index is 1.64. The molecule has 5 nitrogen and oxygen atoms in total. The third kappa shape index (κ3) is 2.82. The Labute approximate surface area is 140 Å². The lowest BCUT2D eigenvalue weighted by Crippen LogP contribution is -2.35. The first kappa shape index (κ1) is 15.0. The summed E-state index contributed by atoms with van der Waals surface area (Å²) in [5.74, 6) is 0.953. The number of hydrogen-bond acceptors (Lipinski definition) is 4. The van der Waals surface area contributed by atoms with Crippen LogP contribution in [0.2, 0.25) is 0 Å². The van der Waals surface area contributed by atoms with Crippen molar-refractivity contribution in [2.75, 3.05) is 7.11 Å². The van der Waals surface area contributed by atoms with Crippen LogP contribution in [0.15, 0.2) is 34.7 Å². The van der Waals surface area contributed by atoms with Crippen molar-refractivity contribution < 1.29 is 13.9 Å². The number of aromatic nitrogens is 1. The van der Waals surface area contributed by atoms with Gasteiger partial charge in [0.15, 0.2) is 5.76 Å². The number of carbonyl (C=O) groups excluding carboxylic acids is 1. The van der Waals surface area contributed by atoms with Gasteiger partial charge in [0.2, 0.25) is 5.71 Å². The molecule has 5 heteroatoms. The van der Waals surface area contributed by atoms with Crippen LogP contribution in [0.1, 0.15) is 42.7 Å². The molecule has 0 aliphatic heterocycles. The topological polar surface area (TPSA) is 64.4 Å². The highest BCUT2D eigenvalue weighted by Crippen LogP contribution is 2.26. The molecule has 1 aromatic carbocycles. The number of fused-ring (bicyclic) bond motifs is 2. The van der Waals surface area contributed by atoms with Gasteiger partial charge in [-0.05, 0) is 43.2 Å². The lowest BCUT2D eigenvalue weighted by atomic mass is 9.95. The second-order valence-electron chi connectivity index (χ2n) is 6.36. The van der Waals surface area contributed by atoms with E-state index in [1.165, 1.54) is 19.3 Å². The molecule has 1 fully saturated rings. The Kier molecular flexibility index (Phi) is 3.84. The first-order valence-corrected chi connectivity index (χ1v) is 8.42. The van der Waals surface area contributed by atoms with Crippen LogP contribution in [0.5, 0.6) is 5.75 Å². The van der Waals surface area contributed by atoms with Crippen LogP contribution in [0, 0.1) is 0 Å². The summed E-state index contributed by atoms with van der Waals surface area (Å²) in [5.41, 5.74) is 1.30. The highest BCUT2D eigenvalue weighted by Gasteiger charge is 2.19. The SMILES string of the molecule is COc1ccc2nc3oc(C(=O)NC4CCCCC4)cc3cc2c1. The number of furan rings is 1. The van der Waals surface area contributed by atoms with Gasteiger partial charge < -0.3 is 14.5 Å². The molecule has 1 amide bonds. The van der Waals surface area contributed by atoms with E-state index in [1.807, 2.05) is 24.3 Å². The quantitative estimate of drug-likeness (QED) is 0.789. The van der Waals surface area contributed by atoms with E-state index in [0.717, 1.165) is 34.9 Å². The second-order valence-corrected chi connectivity index (χ2v) is 6.36. The molecule has 124 valence electrons. The smallest absolute Gasteiger partial charge is 0.287 e. The minimum atomic E-state index is -0.151. The average Bonchev–Trinajstić information content (AvgIpc) is 3.03. The van der Waals surface area contributed by atoms with Crippen molar-refractivity contribution in [3.8, 4) is 5.75 Å². The predicted molar refractivity (Wildman–Crippen MR) is 92.4 cm³/mol. The fourth-order valence-electron chi connectivity index (χ4n) is 3.36. The van der Waals surface area contributed by atoms with E-state index in [1.54, 1.807) is 13.2 Å². The number of hydrogen-bond donors (Lipinski definition) is 1. The fourth-order valence-corrected chi connectivity index (χ4v) is 3.36. The Morgan fingerprint density at radius 3 is 2.79 bits per heavy atom. The van der Waals surface area contributed by atoms with Gasteiger partial charge in [-0.15, -0.1) is 0 Å². The molecule has 0 spiro atoms. The van der Waals surface area contributed by atoms with E-state index in [9.17, 15) is 4.79 Å². The van der Waals surface area contributed by atoms with Gasteiger partial charge in [-0.1, -0.05) is 19.3 Å². The molecular weight excluding hydrogens is 304 g/mol. The molecule has 0 saturated heterocycles. The van der Waals surface area contributed by atoms with Crippen molar-refractivity contribution in [2.24, 2.45) is 0 Å². The van der Waals surface area contributed by atoms with Gasteiger partial charge in [-0.25, -0.2) is 4.98 Å². The zero-order valence-electron chi connectivity index (χ0n) is 13.7. The van der Waals surface area contributed by atoms with Crippen molar-refractivity contribution in [1.29, 1.82) is 0 Å². The summed E-state index contributed by atoms with van der Waals surface area (Å²) in [5, 5.41) is 4.86. The van der Waals surface area contributed by atoms with Crippen LogP contribution in [0.25, 0.3) is 22.0 Å². The molecule has 0 bridgehead atoms. The van der Waals surface area contributed by atoms with Gasteiger partial charge in [-0.2, -0.15) is 0 Å². The standard InChI is InChI=1S/C19H20N2O3/c1-23-15-7-8-16-12(10-15)9-13-11-17(24-19(13)21-16)18(22)20-14-5-3-2-4-6-14/h7-11,14H,2-6H2,1H3,(H,20,22). The number of ether oxygens (including phenoxy) is 1. The number of pyridine rings is 1. The van der Waals surface area contributed by atoms with E-state index in [2.05, 4.69) is 10.3 Å². The van der Waals surface area contributed by atoms with Crippen molar-refractivity contribution >= 4 is 27.9 Å². The zero-order chi connectivity index (χ0) is 16.5. The maximum absolute atomic E-state index is 12.4. The summed E-state index contributed by atoms with van der Waals surface area (Å²) in [6.07, 6.45) is 5.72. The Hall–Kier alpha value is -2.56. The molecule has 0 atom stereocenters. The van der Waals surface area contributed by atoms with E-state index in [-0.39, 0.29) is 11.9 Å². The van der Waals surface area contributed by atoms with E-state index in [0.29, 0.717) is 11.5 Å². The highest BCUT2D eigenvalue weighted by atomic mass is 16.5. The van der Waals surface area contributed by atoms with E-state index in [4.69, 9.17) is 9.15 Å². The molecule has 1 aliphatic rings. The van der Waals surface area contributed by atoms with Gasteiger partial charge in [0.1, 0.15) is 5.75 Å². The Bertz CT molecular complexity index is 894. The average molecular weight is 324 g/mol. The molecule has 4 rings (SSSR count). The molecule has 0 radical (unpaired) electrons. The number of nitrogens with zero attached hydrogens (tertiary/aromatic N) is 1. The Morgan fingerprint density at radius 1 is 1.17 bits per heavy atom. The third-order valence-electron chi connectivity index (χ3n) is 4.67. The summed E-state index contributed by atoms with van der Waals surface area (Å²) in [4.78, 5) is 16.9. The second kappa shape index (κ2) is 6.15. The van der Waals surface area contributed by atoms with E-state index >= 15 is 0 Å². The van der Waals surface area contributed by atoms with Crippen LogP contribution in [0.3, 0.4) is 0 Å². The molecule has 24 heavy (non-hydrogen) atoms. The Morgan fingerprint density at radius 2 is 2.00 bits per heavy atom. The number of nitrogens with one attached hydrogen (secondary N) is 1. The minimum Gasteiger partial charge on any atom is -0.497 e. The molecule has 3 aromatic rings. The summed E-state index contributed by atoms with van der Waals surface area (Å²) in [6.45, 7) is 0.